The maximum absolute atomic E-state index is 13.2. The molecule has 162 valence electrons. The summed E-state index contributed by atoms with van der Waals surface area (Å²) in [5.74, 6) is -0.212. The zero-order chi connectivity index (χ0) is 22.1. The normalized spacial score (nSPS) is 15.2. The van der Waals surface area contributed by atoms with Gasteiger partial charge in [-0.1, -0.05) is 32.9 Å². The number of carbonyl (C=O) groups excluding carboxylic acids is 2. The minimum atomic E-state index is -3.81. The van der Waals surface area contributed by atoms with E-state index in [0.29, 0.717) is 36.7 Å². The van der Waals surface area contributed by atoms with Crippen molar-refractivity contribution in [2.24, 2.45) is 0 Å². The fourth-order valence-corrected chi connectivity index (χ4v) is 5.45. The number of rotatable bonds is 5. The van der Waals surface area contributed by atoms with Crippen molar-refractivity contribution in [3.05, 3.63) is 46.2 Å². The third-order valence-electron chi connectivity index (χ3n) is 5.31. The number of nitrogens with zero attached hydrogens (tertiary/aromatic N) is 3. The lowest BCUT2D eigenvalue weighted by Crippen LogP contribution is -2.48. The second kappa shape index (κ2) is 8.39. The van der Waals surface area contributed by atoms with Crippen LogP contribution in [0.2, 0.25) is 0 Å². The first-order chi connectivity index (χ1) is 14.1. The largest absolute Gasteiger partial charge is 0.342 e. The van der Waals surface area contributed by atoms with Crippen molar-refractivity contribution >= 4 is 39.4 Å². The Balaban J connectivity index is 1.84. The van der Waals surface area contributed by atoms with Gasteiger partial charge in [0.15, 0.2) is 0 Å². The fourth-order valence-electron chi connectivity index (χ4n) is 3.30. The molecule has 1 aliphatic rings. The number of carbonyl (C=O) groups is 2. The molecule has 0 N–H and O–H groups in total. The van der Waals surface area contributed by atoms with Crippen LogP contribution < -0.4 is 4.31 Å². The van der Waals surface area contributed by atoms with Crippen molar-refractivity contribution in [2.75, 3.05) is 37.5 Å². The summed E-state index contributed by atoms with van der Waals surface area (Å²) in [6.07, 6.45) is 0.781. The van der Waals surface area contributed by atoms with Gasteiger partial charge >= 0.3 is 0 Å². The van der Waals surface area contributed by atoms with Crippen LogP contribution in [0.3, 0.4) is 0 Å². The van der Waals surface area contributed by atoms with E-state index >= 15 is 0 Å². The summed E-state index contributed by atoms with van der Waals surface area (Å²) in [6.45, 7) is 8.02. The number of amides is 2. The molecule has 1 aliphatic heterocycles. The lowest BCUT2D eigenvalue weighted by molar-refractivity contribution is -0.119. The minimum absolute atomic E-state index is 0.0744. The van der Waals surface area contributed by atoms with Gasteiger partial charge in [0.05, 0.1) is 10.6 Å². The third-order valence-corrected chi connectivity index (χ3v) is 7.98. The van der Waals surface area contributed by atoms with Gasteiger partial charge in [0.2, 0.25) is 6.41 Å². The van der Waals surface area contributed by atoms with Crippen molar-refractivity contribution in [1.29, 1.82) is 0 Å². The Hall–Kier alpha value is -2.39. The van der Waals surface area contributed by atoms with Crippen molar-refractivity contribution < 1.29 is 18.0 Å². The highest BCUT2D eigenvalue weighted by Crippen LogP contribution is 2.32. The van der Waals surface area contributed by atoms with E-state index in [2.05, 4.69) is 20.8 Å². The van der Waals surface area contributed by atoms with Crippen LogP contribution in [0.25, 0.3) is 0 Å². The van der Waals surface area contributed by atoms with Crippen LogP contribution in [-0.4, -0.2) is 63.8 Å². The van der Waals surface area contributed by atoms with Crippen molar-refractivity contribution in [2.45, 2.75) is 31.1 Å². The first-order valence-corrected chi connectivity index (χ1v) is 12.0. The number of thiophene rings is 1. The molecule has 2 aromatic rings. The Bertz CT molecular complexity index is 1020. The number of hydrogen-bond donors (Lipinski definition) is 0. The maximum Gasteiger partial charge on any atom is 0.266 e. The van der Waals surface area contributed by atoms with Gasteiger partial charge in [-0.3, -0.25) is 13.9 Å². The summed E-state index contributed by atoms with van der Waals surface area (Å²) in [5.41, 5.74) is 1.34. The Morgan fingerprint density at radius 3 is 2.20 bits per heavy atom. The van der Waals surface area contributed by atoms with Gasteiger partial charge in [0, 0.05) is 33.2 Å². The van der Waals surface area contributed by atoms with Crippen molar-refractivity contribution in [1.82, 2.24) is 9.80 Å². The predicted octanol–water partition coefficient (Wildman–Crippen LogP) is 2.78. The molecule has 0 radical (unpaired) electrons. The van der Waals surface area contributed by atoms with Crippen molar-refractivity contribution in [3.8, 4) is 0 Å². The summed E-state index contributed by atoms with van der Waals surface area (Å²) in [5, 5.41) is 1.72. The lowest BCUT2D eigenvalue weighted by atomic mass is 9.87. The molecule has 0 unspecified atom stereocenters. The van der Waals surface area contributed by atoms with E-state index in [0.717, 1.165) is 12.0 Å². The van der Waals surface area contributed by atoms with Gasteiger partial charge in [-0.25, -0.2) is 8.42 Å². The van der Waals surface area contributed by atoms with Crippen molar-refractivity contribution in [3.63, 3.8) is 0 Å². The second-order valence-corrected chi connectivity index (χ2v) is 11.2. The van der Waals surface area contributed by atoms with E-state index in [-0.39, 0.29) is 16.2 Å². The van der Waals surface area contributed by atoms with E-state index in [1.165, 1.54) is 22.7 Å². The molecule has 2 heterocycles. The molecule has 0 atom stereocenters. The molecule has 30 heavy (non-hydrogen) atoms. The summed E-state index contributed by atoms with van der Waals surface area (Å²) in [7, 11) is -2.34. The molecule has 2 amide bonds. The number of benzene rings is 1. The molecule has 9 heteroatoms. The average molecular weight is 450 g/mol. The summed E-state index contributed by atoms with van der Waals surface area (Å²) in [6, 6.07) is 8.53. The van der Waals surface area contributed by atoms with Crippen LogP contribution in [0, 0.1) is 0 Å². The van der Waals surface area contributed by atoms with Crippen LogP contribution in [0.5, 0.6) is 0 Å². The van der Waals surface area contributed by atoms with Gasteiger partial charge < -0.3 is 9.80 Å². The molecule has 7 nitrogen and oxygen atoms in total. The standard InChI is InChI=1S/C21H27N3O4S2/c1-21(2,3)16-5-7-17(8-6-16)30(27,28)22(4)18-9-14-29-19(18)20(26)24-12-10-23(15-25)11-13-24/h5-9,14-15H,10-13H2,1-4H3. The molecule has 0 spiro atoms. The quantitative estimate of drug-likeness (QED) is 0.658. The topological polar surface area (TPSA) is 78.0 Å². The lowest BCUT2D eigenvalue weighted by Gasteiger charge is -2.32. The highest BCUT2D eigenvalue weighted by atomic mass is 32.2. The van der Waals surface area contributed by atoms with Crippen LogP contribution in [0.15, 0.2) is 40.6 Å². The molecule has 0 saturated carbocycles. The van der Waals surface area contributed by atoms with E-state index in [4.69, 9.17) is 0 Å². The van der Waals surface area contributed by atoms with Gasteiger partial charge in [-0.15, -0.1) is 11.3 Å². The van der Waals surface area contributed by atoms with Gasteiger partial charge in [0.25, 0.3) is 15.9 Å². The number of sulfonamides is 1. The van der Waals surface area contributed by atoms with E-state index in [1.807, 2.05) is 12.1 Å². The number of piperazine rings is 1. The van der Waals surface area contributed by atoms with Gasteiger partial charge in [0.1, 0.15) is 4.88 Å². The molecule has 1 aromatic heterocycles. The molecule has 0 aliphatic carbocycles. The third kappa shape index (κ3) is 4.37. The minimum Gasteiger partial charge on any atom is -0.342 e. The average Bonchev–Trinajstić information content (AvgIpc) is 3.21. The van der Waals surface area contributed by atoms with Gasteiger partial charge in [-0.05, 0) is 34.6 Å². The summed E-state index contributed by atoms with van der Waals surface area (Å²) in [4.78, 5) is 27.7. The first-order valence-electron chi connectivity index (χ1n) is 9.71. The van der Waals surface area contributed by atoms with Gasteiger partial charge in [-0.2, -0.15) is 0 Å². The predicted molar refractivity (Wildman–Crippen MR) is 119 cm³/mol. The van der Waals surface area contributed by atoms with E-state index in [9.17, 15) is 18.0 Å². The Labute approximate surface area is 182 Å². The van der Waals surface area contributed by atoms with Crippen LogP contribution in [0.4, 0.5) is 5.69 Å². The van der Waals surface area contributed by atoms with Crippen LogP contribution in [-0.2, 0) is 20.2 Å². The summed E-state index contributed by atoms with van der Waals surface area (Å²) < 4.78 is 27.5. The molecule has 0 bridgehead atoms. The molecule has 1 aromatic carbocycles. The first kappa shape index (κ1) is 22.3. The Kier molecular flexibility index (Phi) is 6.24. The Morgan fingerprint density at radius 1 is 1.07 bits per heavy atom. The maximum atomic E-state index is 13.2. The molecule has 1 saturated heterocycles. The highest BCUT2D eigenvalue weighted by Gasteiger charge is 2.29. The zero-order valence-corrected chi connectivity index (χ0v) is 19.3. The monoisotopic (exact) mass is 449 g/mol. The number of hydrogen-bond acceptors (Lipinski definition) is 5. The summed E-state index contributed by atoms with van der Waals surface area (Å²) >= 11 is 1.22. The zero-order valence-electron chi connectivity index (χ0n) is 17.7. The van der Waals surface area contributed by atoms with Crippen LogP contribution >= 0.6 is 11.3 Å². The Morgan fingerprint density at radius 2 is 1.67 bits per heavy atom. The molecule has 1 fully saturated rings. The smallest absolute Gasteiger partial charge is 0.266 e. The molecular formula is C21H27N3O4S2. The van der Waals surface area contributed by atoms with E-state index < -0.39 is 10.0 Å². The second-order valence-electron chi connectivity index (χ2n) is 8.32. The number of anilines is 1. The fraction of sp³-hybridized carbons (Fsp3) is 0.429. The van der Waals surface area contributed by atoms with E-state index in [1.54, 1.807) is 33.4 Å². The SMILES string of the molecule is CN(c1ccsc1C(=O)N1CCN(C=O)CC1)S(=O)(=O)c1ccc(C(C)(C)C)cc1. The molecule has 3 rings (SSSR count). The van der Waals surface area contributed by atoms with Crippen LogP contribution in [0.1, 0.15) is 36.0 Å². The molecular weight excluding hydrogens is 422 g/mol. The highest BCUT2D eigenvalue weighted by molar-refractivity contribution is 7.92.